The Labute approximate surface area is 154 Å². The summed E-state index contributed by atoms with van der Waals surface area (Å²) in [6, 6.07) is 11.5. The molecule has 0 aliphatic heterocycles. The average molecular weight is 390 g/mol. The minimum Gasteiger partial charge on any atom is -0.419 e. The Morgan fingerprint density at radius 2 is 1.81 bits per heavy atom. The molecule has 1 amide bonds. The summed E-state index contributed by atoms with van der Waals surface area (Å²) >= 11 is 0. The third kappa shape index (κ3) is 4.54. The molecule has 0 spiro atoms. The van der Waals surface area contributed by atoms with E-state index < -0.39 is 15.8 Å². The van der Waals surface area contributed by atoms with Crippen LogP contribution in [0.25, 0.3) is 11.5 Å². The van der Waals surface area contributed by atoms with E-state index in [1.807, 2.05) is 0 Å². The number of carbonyl (C=O) groups is 1. The van der Waals surface area contributed by atoms with Crippen molar-refractivity contribution in [3.8, 4) is 11.5 Å². The van der Waals surface area contributed by atoms with Crippen LogP contribution in [0.2, 0.25) is 0 Å². The Morgan fingerprint density at radius 3 is 2.48 bits per heavy atom. The number of benzene rings is 2. The second kappa shape index (κ2) is 7.64. The van der Waals surface area contributed by atoms with Gasteiger partial charge in [-0.3, -0.25) is 4.79 Å². The van der Waals surface area contributed by atoms with E-state index in [2.05, 4.69) is 20.2 Å². The van der Waals surface area contributed by atoms with Gasteiger partial charge in [-0.15, -0.1) is 10.2 Å². The zero-order chi connectivity index (χ0) is 19.4. The highest BCUT2D eigenvalue weighted by atomic mass is 32.2. The summed E-state index contributed by atoms with van der Waals surface area (Å²) in [6.45, 7) is 1.10. The molecule has 0 aliphatic rings. The Kier molecular flexibility index (Phi) is 5.28. The van der Waals surface area contributed by atoms with E-state index in [4.69, 9.17) is 4.42 Å². The third-order valence-electron chi connectivity index (χ3n) is 3.47. The molecule has 2 aromatic carbocycles. The molecule has 0 fully saturated rings. The third-order valence-corrected chi connectivity index (χ3v) is 4.89. The van der Waals surface area contributed by atoms with Crippen molar-refractivity contribution in [2.45, 2.75) is 18.4 Å². The van der Waals surface area contributed by atoms with Crippen molar-refractivity contribution in [2.75, 3.05) is 5.32 Å². The first-order valence-corrected chi connectivity index (χ1v) is 9.28. The molecule has 10 heteroatoms. The highest BCUT2D eigenvalue weighted by Crippen LogP contribution is 2.21. The van der Waals surface area contributed by atoms with Crippen LogP contribution in [0.3, 0.4) is 0 Å². The molecule has 1 heterocycles. The first kappa shape index (κ1) is 18.7. The van der Waals surface area contributed by atoms with E-state index in [0.717, 1.165) is 0 Å². The maximum Gasteiger partial charge on any atom is 0.250 e. The van der Waals surface area contributed by atoms with Gasteiger partial charge in [0.2, 0.25) is 21.8 Å². The van der Waals surface area contributed by atoms with Gasteiger partial charge in [-0.05, 0) is 36.4 Å². The Bertz CT molecular complexity index is 1060. The van der Waals surface area contributed by atoms with Gasteiger partial charge >= 0.3 is 0 Å². The molecule has 2 N–H and O–H groups in total. The molecule has 0 bridgehead atoms. The normalized spacial score (nSPS) is 11.3. The molecule has 1 aromatic heterocycles. The summed E-state index contributed by atoms with van der Waals surface area (Å²) in [7, 11) is -3.83. The van der Waals surface area contributed by atoms with E-state index in [-0.39, 0.29) is 34.7 Å². The minimum absolute atomic E-state index is 0.00504. The number of rotatable bonds is 6. The number of carbonyl (C=O) groups excluding carboxylic acids is 1. The van der Waals surface area contributed by atoms with Gasteiger partial charge in [-0.2, -0.15) is 0 Å². The van der Waals surface area contributed by atoms with Crippen molar-refractivity contribution < 1.29 is 22.0 Å². The summed E-state index contributed by atoms with van der Waals surface area (Å²) in [5.74, 6) is -0.827. The van der Waals surface area contributed by atoms with Gasteiger partial charge in [-0.25, -0.2) is 17.5 Å². The molecule has 0 saturated carbocycles. The van der Waals surface area contributed by atoms with Gasteiger partial charge in [0.05, 0.1) is 17.0 Å². The number of anilines is 1. The molecule has 0 radical (unpaired) electrons. The first-order valence-electron chi connectivity index (χ1n) is 7.80. The average Bonchev–Trinajstić information content (AvgIpc) is 3.09. The highest BCUT2D eigenvalue weighted by Gasteiger charge is 2.17. The Morgan fingerprint density at radius 1 is 1.11 bits per heavy atom. The Hall–Kier alpha value is -3.11. The van der Waals surface area contributed by atoms with Crippen LogP contribution < -0.4 is 10.0 Å². The van der Waals surface area contributed by atoms with Crippen LogP contribution in [0, 0.1) is 5.82 Å². The van der Waals surface area contributed by atoms with Gasteiger partial charge in [0.1, 0.15) is 5.82 Å². The van der Waals surface area contributed by atoms with E-state index in [1.165, 1.54) is 49.4 Å². The number of sulfonamides is 1. The fourth-order valence-electron chi connectivity index (χ4n) is 2.23. The van der Waals surface area contributed by atoms with Gasteiger partial charge in [0.15, 0.2) is 0 Å². The number of halogens is 1. The number of hydrogen-bond acceptors (Lipinski definition) is 6. The molecule has 0 aliphatic carbocycles. The number of nitrogens with one attached hydrogen (secondary N) is 2. The maximum absolute atomic E-state index is 13.7. The van der Waals surface area contributed by atoms with Crippen molar-refractivity contribution in [1.29, 1.82) is 0 Å². The lowest BCUT2D eigenvalue weighted by molar-refractivity contribution is -0.114. The van der Waals surface area contributed by atoms with Gasteiger partial charge in [-0.1, -0.05) is 12.1 Å². The van der Waals surface area contributed by atoms with Gasteiger partial charge in [0, 0.05) is 12.6 Å². The summed E-state index contributed by atoms with van der Waals surface area (Å²) in [5, 5.41) is 9.99. The molecule has 3 rings (SSSR count). The molecule has 8 nitrogen and oxygen atoms in total. The predicted molar refractivity (Wildman–Crippen MR) is 94.5 cm³/mol. The lowest BCUT2D eigenvalue weighted by Crippen LogP contribution is -2.23. The molecule has 3 aromatic rings. The van der Waals surface area contributed by atoms with Crippen LogP contribution in [0.4, 0.5) is 10.1 Å². The second-order valence-electron chi connectivity index (χ2n) is 5.51. The standard InChI is InChI=1S/C17H15FN4O4S/c1-11(23)20-12-6-8-13(9-7-12)27(24,25)19-10-16-21-22-17(26-16)14-4-2-3-5-15(14)18/h2-9,19H,10H2,1H3,(H,20,23). The number of hydrogen-bond donors (Lipinski definition) is 2. The lowest BCUT2D eigenvalue weighted by atomic mass is 10.2. The van der Waals surface area contributed by atoms with E-state index >= 15 is 0 Å². The smallest absolute Gasteiger partial charge is 0.250 e. The summed E-state index contributed by atoms with van der Waals surface area (Å²) < 4.78 is 46.0. The quantitative estimate of drug-likeness (QED) is 0.668. The highest BCUT2D eigenvalue weighted by molar-refractivity contribution is 7.89. The van der Waals surface area contributed by atoms with Crippen LogP contribution >= 0.6 is 0 Å². The number of aromatic nitrogens is 2. The zero-order valence-corrected chi connectivity index (χ0v) is 15.0. The Balaban J connectivity index is 1.69. The predicted octanol–water partition coefficient (Wildman–Crippen LogP) is 2.31. The fraction of sp³-hybridized carbons (Fsp3) is 0.118. The van der Waals surface area contributed by atoms with Crippen LogP contribution in [0.5, 0.6) is 0 Å². The number of nitrogens with zero attached hydrogens (tertiary/aromatic N) is 2. The zero-order valence-electron chi connectivity index (χ0n) is 14.1. The van der Waals surface area contributed by atoms with Crippen molar-refractivity contribution in [3.05, 3.63) is 60.2 Å². The molecule has 0 saturated heterocycles. The molecular weight excluding hydrogens is 375 g/mol. The van der Waals surface area contributed by atoms with E-state index in [9.17, 15) is 17.6 Å². The van der Waals surface area contributed by atoms with Crippen molar-refractivity contribution >= 4 is 21.6 Å². The second-order valence-corrected chi connectivity index (χ2v) is 7.28. The summed E-state index contributed by atoms with van der Waals surface area (Å²) in [6.07, 6.45) is 0. The molecule has 27 heavy (non-hydrogen) atoms. The van der Waals surface area contributed by atoms with Crippen molar-refractivity contribution in [2.24, 2.45) is 0 Å². The SMILES string of the molecule is CC(=O)Nc1ccc(S(=O)(=O)NCc2nnc(-c3ccccc3F)o2)cc1. The number of amides is 1. The molecule has 0 unspecified atom stereocenters. The van der Waals surface area contributed by atoms with Crippen LogP contribution in [-0.4, -0.2) is 24.5 Å². The van der Waals surface area contributed by atoms with Gasteiger partial charge < -0.3 is 9.73 Å². The van der Waals surface area contributed by atoms with Crippen LogP contribution in [0.15, 0.2) is 57.8 Å². The first-order chi connectivity index (χ1) is 12.8. The summed E-state index contributed by atoms with van der Waals surface area (Å²) in [4.78, 5) is 11.0. The fourth-order valence-corrected chi connectivity index (χ4v) is 3.20. The topological polar surface area (TPSA) is 114 Å². The van der Waals surface area contributed by atoms with E-state index in [0.29, 0.717) is 5.69 Å². The molecular formula is C17H15FN4O4S. The monoisotopic (exact) mass is 390 g/mol. The lowest BCUT2D eigenvalue weighted by Gasteiger charge is -2.06. The minimum atomic E-state index is -3.83. The van der Waals surface area contributed by atoms with Crippen LogP contribution in [-0.2, 0) is 21.4 Å². The van der Waals surface area contributed by atoms with E-state index in [1.54, 1.807) is 6.07 Å². The van der Waals surface area contributed by atoms with Crippen molar-refractivity contribution in [3.63, 3.8) is 0 Å². The molecule has 0 atom stereocenters. The molecule has 140 valence electrons. The largest absolute Gasteiger partial charge is 0.419 e. The maximum atomic E-state index is 13.7. The summed E-state index contributed by atoms with van der Waals surface area (Å²) in [5.41, 5.74) is 0.612. The van der Waals surface area contributed by atoms with Gasteiger partial charge in [0.25, 0.3) is 5.89 Å². The van der Waals surface area contributed by atoms with Crippen LogP contribution in [0.1, 0.15) is 12.8 Å². The van der Waals surface area contributed by atoms with Crippen molar-refractivity contribution in [1.82, 2.24) is 14.9 Å².